The van der Waals surface area contributed by atoms with Gasteiger partial charge in [-0.1, -0.05) is 11.6 Å². The normalized spacial score (nSPS) is 18.4. The Morgan fingerprint density at radius 3 is 3.00 bits per heavy atom. The first-order valence-corrected chi connectivity index (χ1v) is 6.77. The van der Waals surface area contributed by atoms with E-state index in [9.17, 15) is 4.79 Å². The SMILES string of the molecule is CC1Oc2ccc(Cl)cc2CN(Cc2ccco2)C1=O. The summed E-state index contributed by atoms with van der Waals surface area (Å²) in [4.78, 5) is 14.1. The summed E-state index contributed by atoms with van der Waals surface area (Å²) in [6.07, 6.45) is 1.08. The minimum atomic E-state index is -0.521. The van der Waals surface area contributed by atoms with Crippen molar-refractivity contribution in [2.24, 2.45) is 0 Å². The maximum atomic E-state index is 12.4. The van der Waals surface area contributed by atoms with E-state index in [0.29, 0.717) is 23.9 Å². The molecule has 0 N–H and O–H groups in total. The van der Waals surface area contributed by atoms with Crippen LogP contribution in [0.1, 0.15) is 18.2 Å². The van der Waals surface area contributed by atoms with Gasteiger partial charge in [0.2, 0.25) is 0 Å². The monoisotopic (exact) mass is 291 g/mol. The molecule has 1 atom stereocenters. The van der Waals surface area contributed by atoms with Crippen LogP contribution in [0.15, 0.2) is 41.0 Å². The fourth-order valence-corrected chi connectivity index (χ4v) is 2.49. The van der Waals surface area contributed by atoms with Crippen LogP contribution >= 0.6 is 11.6 Å². The number of carbonyl (C=O) groups is 1. The Labute approximate surface area is 121 Å². The molecule has 0 saturated carbocycles. The van der Waals surface area contributed by atoms with Gasteiger partial charge in [0, 0.05) is 17.1 Å². The Balaban J connectivity index is 1.91. The third-order valence-electron chi connectivity index (χ3n) is 3.27. The van der Waals surface area contributed by atoms with Crippen LogP contribution in [-0.4, -0.2) is 16.9 Å². The number of halogens is 1. The molecule has 2 heterocycles. The van der Waals surface area contributed by atoms with Gasteiger partial charge in [0.15, 0.2) is 6.10 Å². The number of fused-ring (bicyclic) bond motifs is 1. The second-order valence-corrected chi connectivity index (χ2v) is 5.22. The topological polar surface area (TPSA) is 42.7 Å². The smallest absolute Gasteiger partial charge is 0.264 e. The summed E-state index contributed by atoms with van der Waals surface area (Å²) < 4.78 is 11.0. The molecule has 1 aromatic heterocycles. The summed E-state index contributed by atoms with van der Waals surface area (Å²) >= 11 is 6.02. The lowest BCUT2D eigenvalue weighted by Crippen LogP contribution is -2.37. The molecule has 20 heavy (non-hydrogen) atoms. The summed E-state index contributed by atoms with van der Waals surface area (Å²) in [6, 6.07) is 9.06. The van der Waals surface area contributed by atoms with Gasteiger partial charge in [-0.25, -0.2) is 0 Å². The molecular weight excluding hydrogens is 278 g/mol. The molecule has 0 aliphatic carbocycles. The van der Waals surface area contributed by atoms with E-state index in [1.165, 1.54) is 0 Å². The molecule has 4 nitrogen and oxygen atoms in total. The number of benzene rings is 1. The van der Waals surface area contributed by atoms with E-state index >= 15 is 0 Å². The number of rotatable bonds is 2. The molecule has 0 fully saturated rings. The van der Waals surface area contributed by atoms with Gasteiger partial charge in [0.25, 0.3) is 5.91 Å². The van der Waals surface area contributed by atoms with E-state index < -0.39 is 6.10 Å². The highest BCUT2D eigenvalue weighted by Gasteiger charge is 2.28. The van der Waals surface area contributed by atoms with Crippen molar-refractivity contribution in [1.82, 2.24) is 4.90 Å². The molecule has 0 saturated heterocycles. The van der Waals surface area contributed by atoms with Gasteiger partial charge < -0.3 is 14.1 Å². The standard InChI is InChI=1S/C15H14ClNO3/c1-10-15(18)17(9-13-3-2-6-19-13)8-11-7-12(16)4-5-14(11)20-10/h2-7,10H,8-9H2,1H3. The van der Waals surface area contributed by atoms with Crippen molar-refractivity contribution < 1.29 is 13.9 Å². The first kappa shape index (κ1) is 13.1. The maximum Gasteiger partial charge on any atom is 0.264 e. The highest BCUT2D eigenvalue weighted by Crippen LogP contribution is 2.29. The molecule has 1 aliphatic heterocycles. The Bertz CT molecular complexity index is 624. The number of ether oxygens (including phenoxy) is 1. The maximum absolute atomic E-state index is 12.4. The Hall–Kier alpha value is -1.94. The molecule has 1 amide bonds. The lowest BCUT2D eigenvalue weighted by molar-refractivity contribution is -0.138. The molecule has 0 radical (unpaired) electrons. The van der Waals surface area contributed by atoms with Crippen molar-refractivity contribution in [3.8, 4) is 5.75 Å². The number of hydrogen-bond acceptors (Lipinski definition) is 3. The summed E-state index contributed by atoms with van der Waals surface area (Å²) in [5.41, 5.74) is 0.904. The molecule has 2 aromatic rings. The molecule has 1 aliphatic rings. The van der Waals surface area contributed by atoms with Crippen molar-refractivity contribution in [3.05, 3.63) is 52.9 Å². The van der Waals surface area contributed by atoms with Crippen LogP contribution in [0.4, 0.5) is 0 Å². The molecule has 0 bridgehead atoms. The third kappa shape index (κ3) is 2.51. The van der Waals surface area contributed by atoms with Crippen LogP contribution in [0.3, 0.4) is 0 Å². The molecule has 1 aromatic carbocycles. The van der Waals surface area contributed by atoms with E-state index in [1.807, 2.05) is 18.2 Å². The van der Waals surface area contributed by atoms with E-state index in [4.69, 9.17) is 20.8 Å². The number of nitrogens with zero attached hydrogens (tertiary/aromatic N) is 1. The Kier molecular flexibility index (Phi) is 3.40. The van der Waals surface area contributed by atoms with E-state index in [0.717, 1.165) is 11.3 Å². The van der Waals surface area contributed by atoms with Crippen molar-refractivity contribution >= 4 is 17.5 Å². The van der Waals surface area contributed by atoms with Crippen LogP contribution in [0.25, 0.3) is 0 Å². The average Bonchev–Trinajstić information content (AvgIpc) is 2.89. The summed E-state index contributed by atoms with van der Waals surface area (Å²) in [5.74, 6) is 1.39. The summed E-state index contributed by atoms with van der Waals surface area (Å²) in [6.45, 7) is 2.63. The molecule has 104 valence electrons. The van der Waals surface area contributed by atoms with Crippen molar-refractivity contribution in [3.63, 3.8) is 0 Å². The summed E-state index contributed by atoms with van der Waals surface area (Å²) in [7, 11) is 0. The Morgan fingerprint density at radius 2 is 2.25 bits per heavy atom. The lowest BCUT2D eigenvalue weighted by Gasteiger charge is -2.20. The van der Waals surface area contributed by atoms with Crippen LogP contribution in [-0.2, 0) is 17.9 Å². The molecule has 0 spiro atoms. The number of furan rings is 1. The van der Waals surface area contributed by atoms with Gasteiger partial charge >= 0.3 is 0 Å². The quantitative estimate of drug-likeness (QED) is 0.853. The second kappa shape index (κ2) is 5.21. The van der Waals surface area contributed by atoms with Crippen molar-refractivity contribution in [2.45, 2.75) is 26.1 Å². The molecular formula is C15H14ClNO3. The zero-order valence-electron chi connectivity index (χ0n) is 11.0. The average molecular weight is 292 g/mol. The first-order valence-electron chi connectivity index (χ1n) is 6.40. The fourth-order valence-electron chi connectivity index (χ4n) is 2.29. The van der Waals surface area contributed by atoms with Crippen LogP contribution in [0, 0.1) is 0 Å². The van der Waals surface area contributed by atoms with Crippen LogP contribution in [0.2, 0.25) is 5.02 Å². The van der Waals surface area contributed by atoms with Gasteiger partial charge in [0.1, 0.15) is 11.5 Å². The minimum absolute atomic E-state index is 0.0614. The van der Waals surface area contributed by atoms with Gasteiger partial charge in [-0.15, -0.1) is 0 Å². The minimum Gasteiger partial charge on any atom is -0.481 e. The number of amides is 1. The molecule has 3 rings (SSSR count). The van der Waals surface area contributed by atoms with E-state index in [1.54, 1.807) is 30.2 Å². The van der Waals surface area contributed by atoms with Gasteiger partial charge in [-0.05, 0) is 37.3 Å². The fraction of sp³-hybridized carbons (Fsp3) is 0.267. The number of carbonyl (C=O) groups excluding carboxylic acids is 1. The first-order chi connectivity index (χ1) is 9.63. The van der Waals surface area contributed by atoms with E-state index in [-0.39, 0.29) is 5.91 Å². The zero-order chi connectivity index (χ0) is 14.1. The van der Waals surface area contributed by atoms with Crippen molar-refractivity contribution in [2.75, 3.05) is 0 Å². The number of hydrogen-bond donors (Lipinski definition) is 0. The highest BCUT2D eigenvalue weighted by molar-refractivity contribution is 6.30. The molecule has 1 unspecified atom stereocenters. The second-order valence-electron chi connectivity index (χ2n) is 4.79. The summed E-state index contributed by atoms with van der Waals surface area (Å²) in [5, 5.41) is 0.632. The van der Waals surface area contributed by atoms with Crippen LogP contribution in [0.5, 0.6) is 5.75 Å². The van der Waals surface area contributed by atoms with Gasteiger partial charge in [-0.3, -0.25) is 4.79 Å². The van der Waals surface area contributed by atoms with Gasteiger partial charge in [0.05, 0.1) is 12.8 Å². The van der Waals surface area contributed by atoms with Gasteiger partial charge in [-0.2, -0.15) is 0 Å². The largest absolute Gasteiger partial charge is 0.481 e. The lowest BCUT2D eigenvalue weighted by atomic mass is 10.2. The predicted octanol–water partition coefficient (Wildman–Crippen LogP) is 3.24. The highest BCUT2D eigenvalue weighted by atomic mass is 35.5. The molecule has 5 heteroatoms. The van der Waals surface area contributed by atoms with Crippen molar-refractivity contribution in [1.29, 1.82) is 0 Å². The predicted molar refractivity (Wildman–Crippen MR) is 74.5 cm³/mol. The Morgan fingerprint density at radius 1 is 1.40 bits per heavy atom. The third-order valence-corrected chi connectivity index (χ3v) is 3.51. The van der Waals surface area contributed by atoms with E-state index in [2.05, 4.69) is 0 Å². The van der Waals surface area contributed by atoms with Crippen LogP contribution < -0.4 is 4.74 Å². The zero-order valence-corrected chi connectivity index (χ0v) is 11.8.